The van der Waals surface area contributed by atoms with Crippen molar-refractivity contribution < 1.29 is 21.6 Å². The smallest absolute Gasteiger partial charge is 0.240 e. The second-order valence-corrected chi connectivity index (χ2v) is 11.4. The Hall–Kier alpha value is -2.20. The number of sulfonamides is 1. The lowest BCUT2D eigenvalue weighted by atomic mass is 10.1. The van der Waals surface area contributed by atoms with Gasteiger partial charge < -0.3 is 4.74 Å². The topological polar surface area (TPSA) is 89.5 Å². The largest absolute Gasteiger partial charge is 0.496 e. The minimum atomic E-state index is -3.91. The van der Waals surface area contributed by atoms with Crippen LogP contribution in [0, 0.1) is 6.92 Å². The molecule has 0 unspecified atom stereocenters. The van der Waals surface area contributed by atoms with Crippen molar-refractivity contribution in [2.24, 2.45) is 0 Å². The SMILES string of the molecule is COc1ccc(S(=O)(=O)NC[C@H](c2ccccc2)S(=O)(=O)c2cccs2)cc1C. The number of rotatable bonds is 8. The Balaban J connectivity index is 1.92. The maximum atomic E-state index is 13.1. The second-order valence-electron chi connectivity index (χ2n) is 6.36. The number of ether oxygens (including phenoxy) is 1. The summed E-state index contributed by atoms with van der Waals surface area (Å²) >= 11 is 1.11. The molecule has 0 aliphatic heterocycles. The Kier molecular flexibility index (Phi) is 6.42. The molecule has 3 aromatic rings. The maximum Gasteiger partial charge on any atom is 0.240 e. The predicted octanol–water partition coefficient (Wildman–Crippen LogP) is 3.56. The molecule has 0 saturated carbocycles. The van der Waals surface area contributed by atoms with Gasteiger partial charge in [0.1, 0.15) is 15.2 Å². The molecule has 1 atom stereocenters. The molecule has 0 amide bonds. The molecule has 0 bridgehead atoms. The first-order valence-corrected chi connectivity index (χ1v) is 12.6. The minimum Gasteiger partial charge on any atom is -0.496 e. The molecule has 6 nitrogen and oxygen atoms in total. The van der Waals surface area contributed by atoms with Gasteiger partial charge in [-0.15, -0.1) is 11.3 Å². The molecule has 1 heterocycles. The van der Waals surface area contributed by atoms with E-state index in [1.54, 1.807) is 54.8 Å². The van der Waals surface area contributed by atoms with Crippen LogP contribution in [0.25, 0.3) is 0 Å². The summed E-state index contributed by atoms with van der Waals surface area (Å²) in [6.45, 7) is 1.46. The fraction of sp³-hybridized carbons (Fsp3) is 0.200. The van der Waals surface area contributed by atoms with Gasteiger partial charge in [0.05, 0.1) is 12.0 Å². The summed E-state index contributed by atoms with van der Waals surface area (Å²) in [7, 11) is -6.16. The van der Waals surface area contributed by atoms with Crippen LogP contribution in [0.1, 0.15) is 16.4 Å². The molecule has 154 valence electrons. The van der Waals surface area contributed by atoms with Gasteiger partial charge in [-0.1, -0.05) is 36.4 Å². The van der Waals surface area contributed by atoms with E-state index >= 15 is 0 Å². The molecule has 0 spiro atoms. The van der Waals surface area contributed by atoms with Gasteiger partial charge in [0.25, 0.3) is 0 Å². The number of nitrogens with one attached hydrogen (secondary N) is 1. The predicted molar refractivity (Wildman–Crippen MR) is 114 cm³/mol. The standard InChI is InChI=1S/C20H21NO5S3/c1-15-13-17(10-11-18(15)26-2)29(24,25)21-14-19(16-7-4-3-5-8-16)28(22,23)20-9-6-12-27-20/h3-13,19,21H,14H2,1-2H3/t19-/m1/s1. The van der Waals surface area contributed by atoms with Gasteiger partial charge >= 0.3 is 0 Å². The molecular weight excluding hydrogens is 430 g/mol. The number of sulfone groups is 1. The molecule has 29 heavy (non-hydrogen) atoms. The zero-order valence-corrected chi connectivity index (χ0v) is 18.4. The van der Waals surface area contributed by atoms with E-state index in [0.29, 0.717) is 16.9 Å². The van der Waals surface area contributed by atoms with Crippen LogP contribution in [-0.4, -0.2) is 30.5 Å². The van der Waals surface area contributed by atoms with Crippen LogP contribution in [0.3, 0.4) is 0 Å². The molecule has 0 aliphatic carbocycles. The van der Waals surface area contributed by atoms with E-state index in [4.69, 9.17) is 4.74 Å². The second kappa shape index (κ2) is 8.66. The quantitative estimate of drug-likeness (QED) is 0.566. The highest BCUT2D eigenvalue weighted by molar-refractivity contribution is 7.93. The zero-order chi connectivity index (χ0) is 21.1. The van der Waals surface area contributed by atoms with Crippen molar-refractivity contribution in [2.75, 3.05) is 13.7 Å². The molecule has 3 rings (SSSR count). The van der Waals surface area contributed by atoms with Crippen molar-refractivity contribution in [3.63, 3.8) is 0 Å². The summed E-state index contributed by atoms with van der Waals surface area (Å²) < 4.78 is 59.7. The summed E-state index contributed by atoms with van der Waals surface area (Å²) in [4.78, 5) is 0.0520. The van der Waals surface area contributed by atoms with Crippen LogP contribution in [0.4, 0.5) is 0 Å². The third-order valence-electron chi connectivity index (χ3n) is 4.46. The fourth-order valence-electron chi connectivity index (χ4n) is 2.93. The molecular formula is C20H21NO5S3. The summed E-state index contributed by atoms with van der Waals surface area (Å²) in [6, 6.07) is 16.3. The van der Waals surface area contributed by atoms with E-state index < -0.39 is 25.1 Å². The normalized spacial score (nSPS) is 13.2. The lowest BCUT2D eigenvalue weighted by Crippen LogP contribution is -2.31. The van der Waals surface area contributed by atoms with Gasteiger partial charge in [-0.3, -0.25) is 0 Å². The molecule has 2 aromatic carbocycles. The lowest BCUT2D eigenvalue weighted by Gasteiger charge is -2.18. The lowest BCUT2D eigenvalue weighted by molar-refractivity contribution is 0.411. The van der Waals surface area contributed by atoms with Crippen molar-refractivity contribution in [1.29, 1.82) is 0 Å². The molecule has 1 N–H and O–H groups in total. The van der Waals surface area contributed by atoms with E-state index in [1.807, 2.05) is 0 Å². The van der Waals surface area contributed by atoms with Gasteiger partial charge in [0.15, 0.2) is 9.84 Å². The average molecular weight is 452 g/mol. The highest BCUT2D eigenvalue weighted by atomic mass is 32.2. The number of hydrogen-bond acceptors (Lipinski definition) is 6. The first kappa shape index (κ1) is 21.5. The molecule has 0 saturated heterocycles. The number of thiophene rings is 1. The number of methoxy groups -OCH3 is 1. The summed E-state index contributed by atoms with van der Waals surface area (Å²) in [5.74, 6) is 0.575. The Morgan fingerprint density at radius 3 is 2.31 bits per heavy atom. The Morgan fingerprint density at radius 1 is 1.00 bits per heavy atom. The third kappa shape index (κ3) is 4.69. The number of benzene rings is 2. The maximum absolute atomic E-state index is 13.1. The highest BCUT2D eigenvalue weighted by Crippen LogP contribution is 2.31. The number of hydrogen-bond donors (Lipinski definition) is 1. The van der Waals surface area contributed by atoms with Crippen LogP contribution in [0.2, 0.25) is 0 Å². The van der Waals surface area contributed by atoms with Crippen molar-refractivity contribution >= 4 is 31.2 Å². The van der Waals surface area contributed by atoms with Crippen LogP contribution in [-0.2, 0) is 19.9 Å². The zero-order valence-electron chi connectivity index (χ0n) is 15.9. The van der Waals surface area contributed by atoms with Gasteiger partial charge in [0.2, 0.25) is 10.0 Å². The van der Waals surface area contributed by atoms with E-state index in [1.165, 1.54) is 25.3 Å². The highest BCUT2D eigenvalue weighted by Gasteiger charge is 2.31. The van der Waals surface area contributed by atoms with Crippen molar-refractivity contribution in [2.45, 2.75) is 21.3 Å². The first-order chi connectivity index (χ1) is 13.8. The molecule has 1 aromatic heterocycles. The molecule has 0 radical (unpaired) electrons. The van der Waals surface area contributed by atoms with E-state index in [-0.39, 0.29) is 15.6 Å². The van der Waals surface area contributed by atoms with E-state index in [2.05, 4.69) is 4.72 Å². The van der Waals surface area contributed by atoms with E-state index in [0.717, 1.165) is 11.3 Å². The van der Waals surface area contributed by atoms with E-state index in [9.17, 15) is 16.8 Å². The first-order valence-electron chi connectivity index (χ1n) is 8.72. The van der Waals surface area contributed by atoms with Crippen LogP contribution >= 0.6 is 11.3 Å². The monoisotopic (exact) mass is 451 g/mol. The Bertz CT molecular complexity index is 1170. The molecule has 0 aliphatic rings. The fourth-order valence-corrected chi connectivity index (χ4v) is 7.03. The Morgan fingerprint density at radius 2 is 1.72 bits per heavy atom. The van der Waals surface area contributed by atoms with Gasteiger partial charge in [-0.25, -0.2) is 21.6 Å². The van der Waals surface area contributed by atoms with Gasteiger partial charge in [-0.05, 0) is 47.7 Å². The van der Waals surface area contributed by atoms with Crippen molar-refractivity contribution in [1.82, 2.24) is 4.72 Å². The van der Waals surface area contributed by atoms with Gasteiger partial charge in [0, 0.05) is 6.54 Å². The third-order valence-corrected chi connectivity index (χ3v) is 9.41. The van der Waals surface area contributed by atoms with Crippen molar-refractivity contribution in [3.05, 3.63) is 77.2 Å². The Labute approximate surface area is 175 Å². The van der Waals surface area contributed by atoms with Crippen LogP contribution in [0.5, 0.6) is 5.75 Å². The van der Waals surface area contributed by atoms with Crippen molar-refractivity contribution in [3.8, 4) is 5.75 Å². The van der Waals surface area contributed by atoms with Crippen LogP contribution in [0.15, 0.2) is 75.1 Å². The average Bonchev–Trinajstić information content (AvgIpc) is 3.24. The summed E-state index contributed by atoms with van der Waals surface area (Å²) in [5.41, 5.74) is 1.19. The molecule has 0 fully saturated rings. The molecule has 9 heteroatoms. The minimum absolute atomic E-state index is 0.0520. The summed E-state index contributed by atoms with van der Waals surface area (Å²) in [6.07, 6.45) is 0. The summed E-state index contributed by atoms with van der Waals surface area (Å²) in [5, 5.41) is 0.635. The van der Waals surface area contributed by atoms with Crippen LogP contribution < -0.4 is 9.46 Å². The number of aryl methyl sites for hydroxylation is 1. The van der Waals surface area contributed by atoms with Gasteiger partial charge in [-0.2, -0.15) is 0 Å².